The standard InChI is InChI=1S/C12H14F3N3/c13-12(14,15)10-2-1-4-16-11(10)18-7-6-17-5-3-9(18)8-17/h1-2,4,9H,3,5-8H2. The van der Waals surface area contributed by atoms with Crippen molar-refractivity contribution in [3.05, 3.63) is 23.9 Å². The number of alkyl halides is 3. The van der Waals surface area contributed by atoms with E-state index in [4.69, 9.17) is 0 Å². The van der Waals surface area contributed by atoms with E-state index in [2.05, 4.69) is 9.88 Å². The Morgan fingerprint density at radius 1 is 1.22 bits per heavy atom. The average Bonchev–Trinajstić information content (AvgIpc) is 2.70. The summed E-state index contributed by atoms with van der Waals surface area (Å²) in [5, 5.41) is 0. The number of piperazine rings is 1. The predicted molar refractivity (Wildman–Crippen MR) is 61.4 cm³/mol. The van der Waals surface area contributed by atoms with E-state index in [-0.39, 0.29) is 11.9 Å². The molecule has 1 aromatic rings. The van der Waals surface area contributed by atoms with E-state index in [0.29, 0.717) is 6.54 Å². The van der Waals surface area contributed by atoms with Crippen LogP contribution in [-0.2, 0) is 6.18 Å². The van der Waals surface area contributed by atoms with Crippen molar-refractivity contribution in [1.29, 1.82) is 0 Å². The van der Waals surface area contributed by atoms with Crippen molar-refractivity contribution in [3.63, 3.8) is 0 Å². The lowest BCUT2D eigenvalue weighted by Gasteiger charge is -2.36. The minimum atomic E-state index is -4.33. The van der Waals surface area contributed by atoms with Crippen LogP contribution < -0.4 is 4.90 Å². The zero-order valence-corrected chi connectivity index (χ0v) is 9.82. The number of hydrogen-bond acceptors (Lipinski definition) is 3. The quantitative estimate of drug-likeness (QED) is 0.767. The lowest BCUT2D eigenvalue weighted by atomic mass is 10.1. The van der Waals surface area contributed by atoms with Gasteiger partial charge in [-0.15, -0.1) is 0 Å². The van der Waals surface area contributed by atoms with Crippen molar-refractivity contribution in [1.82, 2.24) is 9.88 Å². The fourth-order valence-corrected chi connectivity index (χ4v) is 2.83. The highest BCUT2D eigenvalue weighted by molar-refractivity contribution is 5.50. The van der Waals surface area contributed by atoms with Gasteiger partial charge in [0.2, 0.25) is 0 Å². The summed E-state index contributed by atoms with van der Waals surface area (Å²) in [5.74, 6) is 0.0940. The van der Waals surface area contributed by atoms with Crippen molar-refractivity contribution < 1.29 is 13.2 Å². The number of fused-ring (bicyclic) bond motifs is 2. The van der Waals surface area contributed by atoms with Crippen molar-refractivity contribution in [2.45, 2.75) is 18.6 Å². The van der Waals surface area contributed by atoms with Crippen LogP contribution in [-0.4, -0.2) is 42.1 Å². The Morgan fingerprint density at radius 2 is 2.06 bits per heavy atom. The van der Waals surface area contributed by atoms with Gasteiger partial charge in [0.1, 0.15) is 5.82 Å². The fraction of sp³-hybridized carbons (Fsp3) is 0.583. The first-order chi connectivity index (χ1) is 8.55. The Bertz CT molecular complexity index is 446. The summed E-state index contributed by atoms with van der Waals surface area (Å²) in [7, 11) is 0. The van der Waals surface area contributed by atoms with Crippen LogP contribution in [0.5, 0.6) is 0 Å². The largest absolute Gasteiger partial charge is 0.419 e. The number of pyridine rings is 1. The van der Waals surface area contributed by atoms with E-state index in [1.54, 1.807) is 0 Å². The van der Waals surface area contributed by atoms with Crippen molar-refractivity contribution in [2.24, 2.45) is 0 Å². The molecule has 0 N–H and O–H groups in total. The Labute approximate surface area is 103 Å². The second-order valence-electron chi connectivity index (χ2n) is 4.81. The molecule has 2 saturated heterocycles. The molecular formula is C12H14F3N3. The number of hydrogen-bond donors (Lipinski definition) is 0. The SMILES string of the molecule is FC(F)(F)c1cccnc1N1CCN2CCC1C2. The van der Waals surface area contributed by atoms with Gasteiger partial charge in [0.05, 0.1) is 5.56 Å². The first-order valence-electron chi connectivity index (χ1n) is 6.07. The first-order valence-corrected chi connectivity index (χ1v) is 6.07. The van der Waals surface area contributed by atoms with Gasteiger partial charge in [-0.2, -0.15) is 13.2 Å². The molecule has 0 spiro atoms. The third kappa shape index (κ3) is 1.94. The number of rotatable bonds is 1. The number of aromatic nitrogens is 1. The van der Waals surface area contributed by atoms with E-state index in [1.807, 2.05) is 4.90 Å². The monoisotopic (exact) mass is 257 g/mol. The fourth-order valence-electron chi connectivity index (χ4n) is 2.83. The second-order valence-corrected chi connectivity index (χ2v) is 4.81. The highest BCUT2D eigenvalue weighted by Crippen LogP contribution is 2.37. The highest BCUT2D eigenvalue weighted by atomic mass is 19.4. The molecule has 1 aromatic heterocycles. The summed E-state index contributed by atoms with van der Waals surface area (Å²) in [6.07, 6.45) is -1.97. The lowest BCUT2D eigenvalue weighted by Crippen LogP contribution is -2.47. The summed E-state index contributed by atoms with van der Waals surface area (Å²) in [6, 6.07) is 2.63. The first kappa shape index (κ1) is 11.8. The van der Waals surface area contributed by atoms with E-state index >= 15 is 0 Å². The molecule has 2 aliphatic heterocycles. The molecule has 0 aliphatic carbocycles. The summed E-state index contributed by atoms with van der Waals surface area (Å²) in [6.45, 7) is 3.29. The van der Waals surface area contributed by atoms with Gasteiger partial charge in [0, 0.05) is 38.4 Å². The molecule has 2 fully saturated rings. The molecule has 18 heavy (non-hydrogen) atoms. The van der Waals surface area contributed by atoms with Crippen molar-refractivity contribution in [3.8, 4) is 0 Å². The van der Waals surface area contributed by atoms with Crippen LogP contribution in [0.25, 0.3) is 0 Å². The molecule has 0 aromatic carbocycles. The maximum absolute atomic E-state index is 13.0. The Kier molecular flexibility index (Phi) is 2.69. The van der Waals surface area contributed by atoms with Crippen molar-refractivity contribution in [2.75, 3.05) is 31.1 Å². The van der Waals surface area contributed by atoms with Gasteiger partial charge in [-0.05, 0) is 18.6 Å². The number of halogens is 3. The minimum absolute atomic E-state index is 0.0940. The molecular weight excluding hydrogens is 243 g/mol. The van der Waals surface area contributed by atoms with E-state index in [0.717, 1.165) is 32.1 Å². The third-order valence-electron chi connectivity index (χ3n) is 3.71. The van der Waals surface area contributed by atoms with Crippen LogP contribution in [0.1, 0.15) is 12.0 Å². The zero-order valence-electron chi connectivity index (χ0n) is 9.82. The van der Waals surface area contributed by atoms with Gasteiger partial charge in [0.15, 0.2) is 0 Å². The van der Waals surface area contributed by atoms with E-state index in [1.165, 1.54) is 12.3 Å². The van der Waals surface area contributed by atoms with E-state index in [9.17, 15) is 13.2 Å². The van der Waals surface area contributed by atoms with Crippen LogP contribution in [0, 0.1) is 0 Å². The Balaban J connectivity index is 1.96. The molecule has 0 saturated carbocycles. The third-order valence-corrected chi connectivity index (χ3v) is 3.71. The second kappa shape index (κ2) is 4.12. The van der Waals surface area contributed by atoms with E-state index < -0.39 is 11.7 Å². The minimum Gasteiger partial charge on any atom is -0.351 e. The normalized spacial score (nSPS) is 27.6. The molecule has 6 heteroatoms. The average molecular weight is 257 g/mol. The van der Waals surface area contributed by atoms with Crippen LogP contribution in [0.4, 0.5) is 19.0 Å². The zero-order chi connectivity index (χ0) is 12.8. The molecule has 2 bridgehead atoms. The topological polar surface area (TPSA) is 19.4 Å². The smallest absolute Gasteiger partial charge is 0.351 e. The molecule has 2 unspecified atom stereocenters. The lowest BCUT2D eigenvalue weighted by molar-refractivity contribution is -0.137. The summed E-state index contributed by atoms with van der Waals surface area (Å²) in [5.41, 5.74) is -0.620. The van der Waals surface area contributed by atoms with Gasteiger partial charge in [-0.1, -0.05) is 0 Å². The van der Waals surface area contributed by atoms with Gasteiger partial charge in [-0.25, -0.2) is 4.98 Å². The van der Waals surface area contributed by atoms with Gasteiger partial charge in [-0.3, -0.25) is 4.90 Å². The highest BCUT2D eigenvalue weighted by Gasteiger charge is 2.39. The van der Waals surface area contributed by atoms with Crippen LogP contribution in [0.3, 0.4) is 0 Å². The molecule has 0 radical (unpaired) electrons. The maximum Gasteiger partial charge on any atom is 0.419 e. The summed E-state index contributed by atoms with van der Waals surface area (Å²) < 4.78 is 38.9. The Hall–Kier alpha value is -1.30. The molecule has 98 valence electrons. The molecule has 3 heterocycles. The van der Waals surface area contributed by atoms with Gasteiger partial charge in [0.25, 0.3) is 0 Å². The summed E-state index contributed by atoms with van der Waals surface area (Å²) in [4.78, 5) is 8.09. The molecule has 3 nitrogen and oxygen atoms in total. The molecule has 0 amide bonds. The number of nitrogens with zero attached hydrogens (tertiary/aromatic N) is 3. The van der Waals surface area contributed by atoms with Gasteiger partial charge < -0.3 is 4.90 Å². The molecule has 3 rings (SSSR count). The van der Waals surface area contributed by atoms with Crippen LogP contribution in [0.2, 0.25) is 0 Å². The van der Waals surface area contributed by atoms with Gasteiger partial charge >= 0.3 is 6.18 Å². The number of anilines is 1. The predicted octanol–water partition coefficient (Wildman–Crippen LogP) is 1.99. The van der Waals surface area contributed by atoms with Crippen molar-refractivity contribution >= 4 is 5.82 Å². The van der Waals surface area contributed by atoms with Crippen LogP contribution in [0.15, 0.2) is 18.3 Å². The maximum atomic E-state index is 13.0. The molecule has 2 atom stereocenters. The Morgan fingerprint density at radius 3 is 2.83 bits per heavy atom. The summed E-state index contributed by atoms with van der Waals surface area (Å²) >= 11 is 0. The van der Waals surface area contributed by atoms with Crippen LogP contribution >= 0.6 is 0 Å². The molecule has 2 aliphatic rings.